The predicted molar refractivity (Wildman–Crippen MR) is 154 cm³/mol. The van der Waals surface area contributed by atoms with Gasteiger partial charge < -0.3 is 20.2 Å². The number of fused-ring (bicyclic) bond motifs is 2. The first-order valence-corrected chi connectivity index (χ1v) is 13.9. The van der Waals surface area contributed by atoms with E-state index in [9.17, 15) is 39.5 Å². The summed E-state index contributed by atoms with van der Waals surface area (Å²) in [6, 6.07) is 16.6. The molecule has 2 aromatic heterocycles. The average molecular weight is 733 g/mol. The van der Waals surface area contributed by atoms with E-state index in [0.29, 0.717) is 0 Å². The van der Waals surface area contributed by atoms with Crippen molar-refractivity contribution in [3.05, 3.63) is 89.0 Å². The van der Waals surface area contributed by atoms with Crippen LogP contribution in [0.5, 0.6) is 0 Å². The number of aromatic nitrogens is 2. The number of carboxylic acid groups (broad SMARTS) is 3. The van der Waals surface area contributed by atoms with E-state index < -0.39 is 36.4 Å². The van der Waals surface area contributed by atoms with Crippen LogP contribution in [-0.2, 0) is 32.9 Å². The van der Waals surface area contributed by atoms with Gasteiger partial charge in [-0.25, -0.2) is 14.4 Å². The van der Waals surface area contributed by atoms with Gasteiger partial charge >= 0.3 is 36.4 Å². The molecule has 1 unspecified atom stereocenters. The van der Waals surface area contributed by atoms with Crippen LogP contribution >= 0.6 is 11.6 Å². The Hall–Kier alpha value is -4.65. The quantitative estimate of drug-likeness (QED) is 0.266. The maximum atomic E-state index is 10.6. The zero-order valence-corrected chi connectivity index (χ0v) is 25.5. The number of benzene rings is 1. The minimum atomic E-state index is -5.08. The summed E-state index contributed by atoms with van der Waals surface area (Å²) in [4.78, 5) is 40.8. The van der Waals surface area contributed by atoms with E-state index >= 15 is 0 Å². The van der Waals surface area contributed by atoms with Crippen molar-refractivity contribution < 1.29 is 69.2 Å². The van der Waals surface area contributed by atoms with Crippen LogP contribution in [0.2, 0.25) is 5.02 Å². The van der Waals surface area contributed by atoms with E-state index in [1.807, 2.05) is 36.8 Å². The number of hydrogen-bond acceptors (Lipinski definition) is 7. The summed E-state index contributed by atoms with van der Waals surface area (Å²) in [5.41, 5.74) is 5.21. The lowest BCUT2D eigenvalue weighted by Gasteiger charge is -2.26. The Balaban J connectivity index is 0.000000325. The monoisotopic (exact) mass is 732 g/mol. The molecule has 20 heteroatoms. The second-order valence-corrected chi connectivity index (χ2v) is 10.8. The SMILES string of the molecule is Clc1ccc(CN2CCC3(C2)CN(Cc2cccnc2)c2cccnc23)cc1.O=C(O)C(F)(F)F.O=C(O)C(F)(F)F.O=C(O)C(F)(F)F. The predicted octanol–water partition coefficient (Wildman–Crippen LogP) is 6.19. The molecule has 2 aliphatic heterocycles. The zero-order valence-electron chi connectivity index (χ0n) is 24.7. The van der Waals surface area contributed by atoms with Gasteiger partial charge in [-0.15, -0.1) is 0 Å². The lowest BCUT2D eigenvalue weighted by molar-refractivity contribution is -0.193. The van der Waals surface area contributed by atoms with Gasteiger partial charge in [-0.2, -0.15) is 39.5 Å². The zero-order chi connectivity index (χ0) is 37.2. The third-order valence-corrected chi connectivity index (χ3v) is 6.95. The van der Waals surface area contributed by atoms with Gasteiger partial charge in [0.25, 0.3) is 0 Å². The van der Waals surface area contributed by atoms with Crippen molar-refractivity contribution in [1.29, 1.82) is 0 Å². The average Bonchev–Trinajstić information content (AvgIpc) is 3.54. The summed E-state index contributed by atoms with van der Waals surface area (Å²) in [6.45, 7) is 5.00. The van der Waals surface area contributed by atoms with Crippen LogP contribution in [0.15, 0.2) is 67.1 Å². The number of aliphatic carboxylic acids is 3. The molecule has 0 amide bonds. The van der Waals surface area contributed by atoms with E-state index in [0.717, 1.165) is 44.2 Å². The third kappa shape index (κ3) is 12.7. The number of carboxylic acids is 3. The first kappa shape index (κ1) is 40.5. The molecule has 2 aliphatic rings. The minimum absolute atomic E-state index is 0.116. The van der Waals surface area contributed by atoms with Crippen LogP contribution in [0.1, 0.15) is 23.2 Å². The van der Waals surface area contributed by atoms with Crippen molar-refractivity contribution in [2.45, 2.75) is 43.5 Å². The Labute approximate surface area is 276 Å². The first-order valence-electron chi connectivity index (χ1n) is 13.5. The molecule has 49 heavy (non-hydrogen) atoms. The number of halogens is 10. The maximum Gasteiger partial charge on any atom is 0.490 e. The van der Waals surface area contributed by atoms with E-state index in [4.69, 9.17) is 46.3 Å². The van der Waals surface area contributed by atoms with Crippen LogP contribution < -0.4 is 4.90 Å². The number of rotatable bonds is 4. The molecule has 0 radical (unpaired) electrons. The topological polar surface area (TPSA) is 144 Å². The molecule has 0 bridgehead atoms. The second-order valence-electron chi connectivity index (χ2n) is 10.4. The highest BCUT2D eigenvalue weighted by atomic mass is 35.5. The van der Waals surface area contributed by atoms with Gasteiger partial charge in [0.2, 0.25) is 0 Å². The molecule has 1 atom stereocenters. The molecule has 1 spiro atoms. The largest absolute Gasteiger partial charge is 0.490 e. The van der Waals surface area contributed by atoms with Gasteiger partial charge in [0.15, 0.2) is 0 Å². The highest BCUT2D eigenvalue weighted by molar-refractivity contribution is 6.30. The Bertz CT molecular complexity index is 1500. The molecule has 1 aromatic carbocycles. The van der Waals surface area contributed by atoms with Gasteiger partial charge in [0.05, 0.1) is 11.4 Å². The molecule has 1 saturated heterocycles. The molecule has 10 nitrogen and oxygen atoms in total. The normalized spacial score (nSPS) is 17.1. The van der Waals surface area contributed by atoms with Crippen LogP contribution in [-0.4, -0.2) is 86.3 Å². The molecule has 3 N–H and O–H groups in total. The molecular weight excluding hydrogens is 707 g/mol. The van der Waals surface area contributed by atoms with E-state index in [1.54, 1.807) is 0 Å². The van der Waals surface area contributed by atoms with Crippen molar-refractivity contribution in [3.63, 3.8) is 0 Å². The van der Waals surface area contributed by atoms with Crippen molar-refractivity contribution in [2.75, 3.05) is 24.5 Å². The molecule has 0 aliphatic carbocycles. The molecule has 4 heterocycles. The molecule has 0 saturated carbocycles. The van der Waals surface area contributed by atoms with E-state index in [2.05, 4.69) is 45.1 Å². The smallest absolute Gasteiger partial charge is 0.475 e. The summed E-state index contributed by atoms with van der Waals surface area (Å²) in [6.07, 6.45) is -8.37. The third-order valence-electron chi connectivity index (χ3n) is 6.70. The van der Waals surface area contributed by atoms with Crippen molar-refractivity contribution in [1.82, 2.24) is 14.9 Å². The van der Waals surface area contributed by atoms with Gasteiger partial charge in [-0.3, -0.25) is 14.9 Å². The van der Waals surface area contributed by atoms with Gasteiger partial charge in [0, 0.05) is 55.2 Å². The number of hydrogen-bond donors (Lipinski definition) is 3. The maximum absolute atomic E-state index is 10.6. The molecule has 1 fully saturated rings. The second kappa shape index (κ2) is 16.6. The summed E-state index contributed by atoms with van der Waals surface area (Å²) in [5, 5.41) is 22.2. The number of carbonyl (C=O) groups is 3. The fourth-order valence-electron chi connectivity index (χ4n) is 4.70. The standard InChI is InChI=1S/C23H23ClN4.3C2HF3O2/c24-20-7-5-18(6-8-20)14-27-12-9-23(16-27)17-28(15-19-3-1-10-25-13-19)21-4-2-11-26-22(21)23;3*3-2(4,5)1(6)7/h1-8,10-11,13H,9,12,14-17H2;3*(H,6,7). The Morgan fingerprint density at radius 2 is 1.24 bits per heavy atom. The van der Waals surface area contributed by atoms with Crippen LogP contribution in [0.25, 0.3) is 0 Å². The summed E-state index contributed by atoms with van der Waals surface area (Å²) in [5.74, 6) is -8.27. The minimum Gasteiger partial charge on any atom is -0.475 e. The highest BCUT2D eigenvalue weighted by Crippen LogP contribution is 2.45. The first-order chi connectivity index (χ1) is 22.5. The van der Waals surface area contributed by atoms with Crippen molar-refractivity contribution >= 4 is 35.2 Å². The highest BCUT2D eigenvalue weighted by Gasteiger charge is 2.48. The van der Waals surface area contributed by atoms with Crippen LogP contribution in [0.3, 0.4) is 0 Å². The summed E-state index contributed by atoms with van der Waals surface area (Å²) < 4.78 is 95.2. The van der Waals surface area contributed by atoms with Gasteiger partial charge in [-0.05, 0) is 54.4 Å². The number of alkyl halides is 9. The Kier molecular flexibility index (Phi) is 13.8. The number of likely N-dealkylation sites (tertiary alicyclic amines) is 1. The molecule has 3 aromatic rings. The van der Waals surface area contributed by atoms with Crippen molar-refractivity contribution in [3.8, 4) is 0 Å². The van der Waals surface area contributed by atoms with E-state index in [-0.39, 0.29) is 5.41 Å². The van der Waals surface area contributed by atoms with Crippen molar-refractivity contribution in [2.24, 2.45) is 0 Å². The van der Waals surface area contributed by atoms with Crippen LogP contribution in [0, 0.1) is 0 Å². The number of nitrogens with zero attached hydrogens (tertiary/aromatic N) is 4. The molecule has 5 rings (SSSR count). The lowest BCUT2D eigenvalue weighted by atomic mass is 9.85. The molecule has 268 valence electrons. The van der Waals surface area contributed by atoms with Gasteiger partial charge in [-0.1, -0.05) is 29.8 Å². The molecular formula is C29H26ClF9N4O6. The fraction of sp³-hybridized carbons (Fsp3) is 0.345. The lowest BCUT2D eigenvalue weighted by Crippen LogP contribution is -2.36. The Morgan fingerprint density at radius 1 is 0.735 bits per heavy atom. The number of anilines is 1. The van der Waals surface area contributed by atoms with E-state index in [1.165, 1.54) is 22.5 Å². The van der Waals surface area contributed by atoms with Gasteiger partial charge in [0.1, 0.15) is 0 Å². The summed E-state index contributed by atoms with van der Waals surface area (Å²) in [7, 11) is 0. The summed E-state index contributed by atoms with van der Waals surface area (Å²) >= 11 is 6.03. The number of pyridine rings is 2. The fourth-order valence-corrected chi connectivity index (χ4v) is 4.83. The van der Waals surface area contributed by atoms with Crippen LogP contribution in [0.4, 0.5) is 45.2 Å². The Morgan fingerprint density at radius 3 is 1.71 bits per heavy atom.